The fourth-order valence-electron chi connectivity index (χ4n) is 9.46. The van der Waals surface area contributed by atoms with Gasteiger partial charge in [-0.1, -0.05) is 271 Å². The molecule has 0 radical (unpaired) electrons. The zero-order valence-electron chi connectivity index (χ0n) is 42.3. The smallest absolute Gasteiger partial charge is 0.220 e. The van der Waals surface area contributed by atoms with Crippen molar-refractivity contribution in [2.75, 3.05) is 13.2 Å². The topological polar surface area (TPSA) is 149 Å². The second kappa shape index (κ2) is 45.9. The molecule has 0 aromatic carbocycles. The molecule has 6 N–H and O–H groups in total. The van der Waals surface area contributed by atoms with Crippen LogP contribution in [-0.4, -0.2) is 87.5 Å². The summed E-state index contributed by atoms with van der Waals surface area (Å²) < 4.78 is 11.3. The molecule has 7 atom stereocenters. The average molecular weight is 912 g/mol. The van der Waals surface area contributed by atoms with Crippen LogP contribution in [0.4, 0.5) is 0 Å². The SMILES string of the molecule is CCCCCCCCCCCCCCCCCCCCCCCCCCC(=O)NC(COC1OC(CO)C(O)C(O)C1O)C(O)CCCCCCCCCCCCCCCCCCC. The van der Waals surface area contributed by atoms with Crippen molar-refractivity contribution in [3.63, 3.8) is 0 Å². The molecule has 1 amide bonds. The number of aliphatic hydroxyl groups is 5. The first-order chi connectivity index (χ1) is 31.3. The molecule has 1 aliphatic heterocycles. The summed E-state index contributed by atoms with van der Waals surface area (Å²) in [5, 5.41) is 54.6. The minimum absolute atomic E-state index is 0.131. The van der Waals surface area contributed by atoms with E-state index in [0.29, 0.717) is 12.8 Å². The number of hydrogen-bond acceptors (Lipinski definition) is 8. The Morgan fingerprint density at radius 3 is 1.11 bits per heavy atom. The van der Waals surface area contributed by atoms with E-state index >= 15 is 0 Å². The van der Waals surface area contributed by atoms with Crippen LogP contribution in [-0.2, 0) is 14.3 Å². The fourth-order valence-corrected chi connectivity index (χ4v) is 9.46. The molecule has 7 unspecified atom stereocenters. The van der Waals surface area contributed by atoms with E-state index in [2.05, 4.69) is 19.2 Å². The molecular formula is C55H109NO8. The number of nitrogens with one attached hydrogen (secondary N) is 1. The normalized spacial score (nSPS) is 19.9. The van der Waals surface area contributed by atoms with Crippen molar-refractivity contribution in [1.29, 1.82) is 0 Å². The zero-order chi connectivity index (χ0) is 46.6. The highest BCUT2D eigenvalue weighted by Gasteiger charge is 2.44. The van der Waals surface area contributed by atoms with Crippen LogP contribution in [0.15, 0.2) is 0 Å². The average Bonchev–Trinajstić information content (AvgIpc) is 3.29. The van der Waals surface area contributed by atoms with Crippen LogP contribution >= 0.6 is 0 Å². The van der Waals surface area contributed by atoms with Gasteiger partial charge in [-0.2, -0.15) is 0 Å². The maximum atomic E-state index is 13.1. The van der Waals surface area contributed by atoms with E-state index in [4.69, 9.17) is 9.47 Å². The highest BCUT2D eigenvalue weighted by molar-refractivity contribution is 5.76. The molecule has 0 aromatic heterocycles. The molecule has 1 rings (SSSR count). The molecule has 382 valence electrons. The number of amides is 1. The third-order valence-electron chi connectivity index (χ3n) is 14.0. The maximum absolute atomic E-state index is 13.1. The van der Waals surface area contributed by atoms with Gasteiger partial charge in [-0.3, -0.25) is 4.79 Å². The van der Waals surface area contributed by atoms with Crippen molar-refractivity contribution < 1.29 is 39.8 Å². The van der Waals surface area contributed by atoms with Gasteiger partial charge in [0, 0.05) is 6.42 Å². The van der Waals surface area contributed by atoms with Crippen molar-refractivity contribution >= 4 is 5.91 Å². The van der Waals surface area contributed by atoms with Gasteiger partial charge in [0.1, 0.15) is 24.4 Å². The van der Waals surface area contributed by atoms with Crippen LogP contribution in [0, 0.1) is 0 Å². The second-order valence-electron chi connectivity index (χ2n) is 20.1. The molecule has 1 aliphatic rings. The molecule has 64 heavy (non-hydrogen) atoms. The Morgan fingerprint density at radius 2 is 0.781 bits per heavy atom. The van der Waals surface area contributed by atoms with Gasteiger partial charge in [-0.05, 0) is 12.8 Å². The van der Waals surface area contributed by atoms with Gasteiger partial charge in [0.05, 0.1) is 25.4 Å². The van der Waals surface area contributed by atoms with E-state index < -0.39 is 49.5 Å². The summed E-state index contributed by atoms with van der Waals surface area (Å²) in [6.45, 7) is 3.88. The molecular weight excluding hydrogens is 803 g/mol. The van der Waals surface area contributed by atoms with E-state index in [-0.39, 0.29) is 12.5 Å². The molecule has 1 heterocycles. The highest BCUT2D eigenvalue weighted by atomic mass is 16.7. The van der Waals surface area contributed by atoms with E-state index in [1.54, 1.807) is 0 Å². The first-order valence-electron chi connectivity index (χ1n) is 28.2. The van der Waals surface area contributed by atoms with Gasteiger partial charge in [0.25, 0.3) is 0 Å². The van der Waals surface area contributed by atoms with Gasteiger partial charge in [0.2, 0.25) is 5.91 Å². The zero-order valence-corrected chi connectivity index (χ0v) is 42.3. The largest absolute Gasteiger partial charge is 0.394 e. The molecule has 0 aromatic rings. The van der Waals surface area contributed by atoms with Crippen LogP contribution in [0.25, 0.3) is 0 Å². The molecule has 0 saturated carbocycles. The van der Waals surface area contributed by atoms with Crippen molar-refractivity contribution in [3.8, 4) is 0 Å². The first kappa shape index (κ1) is 61.2. The number of aliphatic hydroxyl groups excluding tert-OH is 5. The Labute approximate surface area is 395 Å². The van der Waals surface area contributed by atoms with Crippen molar-refractivity contribution in [2.45, 2.75) is 333 Å². The summed E-state index contributed by atoms with van der Waals surface area (Å²) in [5.74, 6) is -0.136. The molecule has 0 spiro atoms. The van der Waals surface area contributed by atoms with Crippen molar-refractivity contribution in [2.24, 2.45) is 0 Å². The number of carbonyl (C=O) groups excluding carboxylic acids is 1. The molecule has 1 saturated heterocycles. The lowest BCUT2D eigenvalue weighted by Gasteiger charge is -2.40. The third kappa shape index (κ3) is 35.3. The predicted molar refractivity (Wildman–Crippen MR) is 268 cm³/mol. The fraction of sp³-hybridized carbons (Fsp3) is 0.982. The third-order valence-corrected chi connectivity index (χ3v) is 14.0. The second-order valence-corrected chi connectivity index (χ2v) is 20.1. The minimum Gasteiger partial charge on any atom is -0.394 e. The van der Waals surface area contributed by atoms with Crippen molar-refractivity contribution in [1.82, 2.24) is 5.32 Å². The van der Waals surface area contributed by atoms with Crippen LogP contribution in [0.3, 0.4) is 0 Å². The quantitative estimate of drug-likeness (QED) is 0.0331. The van der Waals surface area contributed by atoms with E-state index in [1.807, 2.05) is 0 Å². The summed E-state index contributed by atoms with van der Waals surface area (Å²) in [6, 6.07) is -0.713. The summed E-state index contributed by atoms with van der Waals surface area (Å²) >= 11 is 0. The highest BCUT2D eigenvalue weighted by Crippen LogP contribution is 2.23. The van der Waals surface area contributed by atoms with Gasteiger partial charge in [-0.25, -0.2) is 0 Å². The number of unbranched alkanes of at least 4 members (excludes halogenated alkanes) is 39. The molecule has 1 fully saturated rings. The lowest BCUT2D eigenvalue weighted by molar-refractivity contribution is -0.302. The van der Waals surface area contributed by atoms with Crippen molar-refractivity contribution in [3.05, 3.63) is 0 Å². The number of carbonyl (C=O) groups is 1. The summed E-state index contributed by atoms with van der Waals surface area (Å²) in [4.78, 5) is 13.1. The Kier molecular flexibility index (Phi) is 43.9. The first-order valence-corrected chi connectivity index (χ1v) is 28.2. The maximum Gasteiger partial charge on any atom is 0.220 e. The predicted octanol–water partition coefficient (Wildman–Crippen LogP) is 13.5. The molecule has 0 aliphatic carbocycles. The van der Waals surface area contributed by atoms with Gasteiger partial charge < -0.3 is 40.3 Å². The van der Waals surface area contributed by atoms with Crippen LogP contribution < -0.4 is 5.32 Å². The molecule has 0 bridgehead atoms. The molecule has 9 nitrogen and oxygen atoms in total. The lowest BCUT2D eigenvalue weighted by Crippen LogP contribution is -2.60. The number of ether oxygens (including phenoxy) is 2. The summed E-state index contributed by atoms with van der Waals surface area (Å²) in [5.41, 5.74) is 0. The van der Waals surface area contributed by atoms with E-state index in [1.165, 1.54) is 225 Å². The Balaban J connectivity index is 2.19. The lowest BCUT2D eigenvalue weighted by atomic mass is 9.99. The summed E-state index contributed by atoms with van der Waals surface area (Å²) in [7, 11) is 0. The summed E-state index contributed by atoms with van der Waals surface area (Å²) in [6.07, 6.45) is 47.0. The number of hydrogen-bond donors (Lipinski definition) is 6. The Morgan fingerprint density at radius 1 is 0.469 bits per heavy atom. The van der Waals surface area contributed by atoms with Gasteiger partial charge in [-0.15, -0.1) is 0 Å². The number of rotatable bonds is 49. The van der Waals surface area contributed by atoms with Gasteiger partial charge in [0.15, 0.2) is 6.29 Å². The standard InChI is InChI=1S/C55H109NO8/c1-3-5-7-9-11-13-15-17-19-21-22-23-24-25-26-27-29-31-33-35-37-39-41-43-45-51(59)56-48(47-63-55-54(62)53(61)52(60)50(46-57)64-55)49(58)44-42-40-38-36-34-32-30-28-20-18-16-14-12-10-8-6-4-2/h48-50,52-55,57-58,60-62H,3-47H2,1-2H3,(H,56,59). The van der Waals surface area contributed by atoms with Crippen LogP contribution in [0.5, 0.6) is 0 Å². The minimum atomic E-state index is -1.55. The monoisotopic (exact) mass is 912 g/mol. The Hall–Kier alpha value is -0.810. The van der Waals surface area contributed by atoms with Gasteiger partial charge >= 0.3 is 0 Å². The Bertz CT molecular complexity index is 970. The van der Waals surface area contributed by atoms with E-state index in [0.717, 1.165) is 38.5 Å². The van der Waals surface area contributed by atoms with Crippen LogP contribution in [0.2, 0.25) is 0 Å². The molecule has 9 heteroatoms. The van der Waals surface area contributed by atoms with Crippen LogP contribution in [0.1, 0.15) is 290 Å². The van der Waals surface area contributed by atoms with E-state index in [9.17, 15) is 30.3 Å².